The number of rotatable bonds is 5. The van der Waals surface area contributed by atoms with Crippen LogP contribution in [0.25, 0.3) is 0 Å². The van der Waals surface area contributed by atoms with E-state index in [9.17, 15) is 14.7 Å². The van der Waals surface area contributed by atoms with Gasteiger partial charge in [-0.15, -0.1) is 0 Å². The zero-order valence-corrected chi connectivity index (χ0v) is 11.7. The molecule has 2 N–H and O–H groups in total. The molecule has 104 valence electrons. The predicted octanol–water partition coefficient (Wildman–Crippen LogP) is 2.57. The molecule has 0 aromatic heterocycles. The molecule has 1 fully saturated rings. The average molecular weight is 255 g/mol. The Bertz CT molecular complexity index is 302. The van der Waals surface area contributed by atoms with Gasteiger partial charge in [-0.25, -0.2) is 4.79 Å². The van der Waals surface area contributed by atoms with E-state index in [0.717, 1.165) is 25.7 Å². The third kappa shape index (κ3) is 3.24. The molecule has 1 aliphatic carbocycles. The Balaban J connectivity index is 2.64. The van der Waals surface area contributed by atoms with Crippen LogP contribution in [-0.4, -0.2) is 22.5 Å². The number of nitrogens with one attached hydrogen (secondary N) is 1. The molecule has 0 saturated heterocycles. The Labute approximate surface area is 109 Å². The molecular weight excluding hydrogens is 230 g/mol. The Morgan fingerprint density at radius 3 is 2.06 bits per heavy atom. The molecule has 4 nitrogen and oxygen atoms in total. The van der Waals surface area contributed by atoms with E-state index in [1.165, 1.54) is 0 Å². The fraction of sp³-hybridized carbons (Fsp3) is 0.857. The molecule has 1 aliphatic rings. The molecule has 4 heteroatoms. The highest BCUT2D eigenvalue weighted by molar-refractivity contribution is 5.88. The highest BCUT2D eigenvalue weighted by Gasteiger charge is 2.38. The van der Waals surface area contributed by atoms with E-state index < -0.39 is 11.5 Å². The van der Waals surface area contributed by atoms with Gasteiger partial charge in [0.25, 0.3) is 0 Å². The smallest absolute Gasteiger partial charge is 0.329 e. The number of carbonyl (C=O) groups excluding carboxylic acids is 1. The van der Waals surface area contributed by atoms with Gasteiger partial charge < -0.3 is 10.4 Å². The Kier molecular flexibility index (Phi) is 5.17. The third-order valence-corrected chi connectivity index (χ3v) is 4.37. The molecule has 0 spiro atoms. The fourth-order valence-corrected chi connectivity index (χ4v) is 2.64. The number of carbonyl (C=O) groups is 2. The second-order valence-electron chi connectivity index (χ2n) is 5.54. The van der Waals surface area contributed by atoms with Crippen LogP contribution in [0, 0.1) is 11.8 Å². The lowest BCUT2D eigenvalue weighted by atomic mass is 9.81. The summed E-state index contributed by atoms with van der Waals surface area (Å²) < 4.78 is 0. The summed E-state index contributed by atoms with van der Waals surface area (Å²) in [7, 11) is 0. The van der Waals surface area contributed by atoms with Gasteiger partial charge in [0.15, 0.2) is 0 Å². The van der Waals surface area contributed by atoms with Gasteiger partial charge in [-0.1, -0.05) is 20.8 Å². The normalized spacial score (nSPS) is 24.6. The molecule has 0 unspecified atom stereocenters. The summed E-state index contributed by atoms with van der Waals surface area (Å²) in [6.07, 6.45) is 4.75. The van der Waals surface area contributed by atoms with Crippen molar-refractivity contribution in [1.29, 1.82) is 0 Å². The van der Waals surface area contributed by atoms with Gasteiger partial charge in [-0.2, -0.15) is 0 Å². The highest BCUT2D eigenvalue weighted by Crippen LogP contribution is 2.29. The van der Waals surface area contributed by atoms with E-state index in [2.05, 4.69) is 12.2 Å². The SMILES string of the molecule is CCC(CC)(NC(=O)C1CCC(C)CC1)C(=O)O. The maximum absolute atomic E-state index is 12.2. The van der Waals surface area contributed by atoms with Crippen LogP contribution in [-0.2, 0) is 9.59 Å². The van der Waals surface area contributed by atoms with Crippen LogP contribution < -0.4 is 5.32 Å². The zero-order chi connectivity index (χ0) is 13.8. The standard InChI is InChI=1S/C14H25NO3/c1-4-14(5-2,13(17)18)15-12(16)11-8-6-10(3)7-9-11/h10-11H,4-9H2,1-3H3,(H,15,16)(H,17,18). The van der Waals surface area contributed by atoms with Crippen LogP contribution in [0.2, 0.25) is 0 Å². The van der Waals surface area contributed by atoms with E-state index in [1.54, 1.807) is 13.8 Å². The van der Waals surface area contributed by atoms with Crippen molar-refractivity contribution in [2.24, 2.45) is 11.8 Å². The average Bonchev–Trinajstić information content (AvgIpc) is 2.36. The maximum Gasteiger partial charge on any atom is 0.329 e. The van der Waals surface area contributed by atoms with Gasteiger partial charge >= 0.3 is 5.97 Å². The highest BCUT2D eigenvalue weighted by atomic mass is 16.4. The number of amides is 1. The van der Waals surface area contributed by atoms with Crippen LogP contribution in [0.1, 0.15) is 59.3 Å². The van der Waals surface area contributed by atoms with Gasteiger partial charge in [0, 0.05) is 5.92 Å². The minimum absolute atomic E-state index is 0.00183. The number of aliphatic carboxylic acids is 1. The molecule has 0 atom stereocenters. The van der Waals surface area contributed by atoms with Crippen LogP contribution in [0.15, 0.2) is 0 Å². The monoisotopic (exact) mass is 255 g/mol. The van der Waals surface area contributed by atoms with Crippen LogP contribution >= 0.6 is 0 Å². The molecule has 0 heterocycles. The van der Waals surface area contributed by atoms with Gasteiger partial charge in [0.05, 0.1) is 0 Å². The molecule has 1 amide bonds. The van der Waals surface area contributed by atoms with Crippen molar-refractivity contribution in [2.75, 3.05) is 0 Å². The summed E-state index contributed by atoms with van der Waals surface area (Å²) in [5.74, 6) is -0.313. The Morgan fingerprint density at radius 1 is 1.17 bits per heavy atom. The van der Waals surface area contributed by atoms with E-state index in [1.807, 2.05) is 0 Å². The minimum atomic E-state index is -1.08. The molecular formula is C14H25NO3. The first-order chi connectivity index (χ1) is 8.45. The first kappa shape index (κ1) is 15.0. The van der Waals surface area contributed by atoms with Gasteiger partial charge in [0.2, 0.25) is 5.91 Å². The van der Waals surface area contributed by atoms with E-state index in [0.29, 0.717) is 18.8 Å². The molecule has 0 radical (unpaired) electrons. The number of hydrogen-bond donors (Lipinski definition) is 2. The third-order valence-electron chi connectivity index (χ3n) is 4.37. The molecule has 0 aromatic rings. The summed E-state index contributed by atoms with van der Waals surface area (Å²) in [6.45, 7) is 5.81. The van der Waals surface area contributed by atoms with Crippen molar-refractivity contribution in [2.45, 2.75) is 64.8 Å². The molecule has 1 saturated carbocycles. The number of carboxylic acids is 1. The summed E-state index contributed by atoms with van der Waals surface area (Å²) in [4.78, 5) is 23.5. The van der Waals surface area contributed by atoms with E-state index in [-0.39, 0.29) is 11.8 Å². The first-order valence-electron chi connectivity index (χ1n) is 7.00. The minimum Gasteiger partial charge on any atom is -0.480 e. The topological polar surface area (TPSA) is 66.4 Å². The van der Waals surface area contributed by atoms with E-state index in [4.69, 9.17) is 0 Å². The zero-order valence-electron chi connectivity index (χ0n) is 11.7. The fourth-order valence-electron chi connectivity index (χ4n) is 2.64. The lowest BCUT2D eigenvalue weighted by Crippen LogP contribution is -2.55. The maximum atomic E-state index is 12.2. The van der Waals surface area contributed by atoms with Gasteiger partial charge in [0.1, 0.15) is 5.54 Å². The molecule has 0 bridgehead atoms. The summed E-state index contributed by atoms with van der Waals surface area (Å²) in [6, 6.07) is 0. The summed E-state index contributed by atoms with van der Waals surface area (Å²) in [5, 5.41) is 12.1. The van der Waals surface area contributed by atoms with Crippen molar-refractivity contribution in [3.05, 3.63) is 0 Å². The summed E-state index contributed by atoms with van der Waals surface area (Å²) in [5.41, 5.74) is -1.08. The molecule has 0 aliphatic heterocycles. The van der Waals surface area contributed by atoms with Crippen LogP contribution in [0.5, 0.6) is 0 Å². The molecule has 18 heavy (non-hydrogen) atoms. The Hall–Kier alpha value is -1.06. The van der Waals surface area contributed by atoms with Crippen molar-refractivity contribution in [3.8, 4) is 0 Å². The Morgan fingerprint density at radius 2 is 1.67 bits per heavy atom. The second-order valence-corrected chi connectivity index (χ2v) is 5.54. The summed E-state index contributed by atoms with van der Waals surface area (Å²) >= 11 is 0. The van der Waals surface area contributed by atoms with E-state index >= 15 is 0 Å². The second kappa shape index (κ2) is 6.21. The quantitative estimate of drug-likeness (QED) is 0.793. The lowest BCUT2D eigenvalue weighted by Gasteiger charge is -2.32. The van der Waals surface area contributed by atoms with Crippen LogP contribution in [0.4, 0.5) is 0 Å². The van der Waals surface area contributed by atoms with Gasteiger partial charge in [-0.05, 0) is 44.4 Å². The van der Waals surface area contributed by atoms with Crippen molar-refractivity contribution < 1.29 is 14.7 Å². The van der Waals surface area contributed by atoms with Crippen molar-refractivity contribution in [1.82, 2.24) is 5.32 Å². The van der Waals surface area contributed by atoms with Crippen molar-refractivity contribution in [3.63, 3.8) is 0 Å². The number of hydrogen-bond acceptors (Lipinski definition) is 2. The van der Waals surface area contributed by atoms with Gasteiger partial charge in [-0.3, -0.25) is 4.79 Å². The van der Waals surface area contributed by atoms with Crippen molar-refractivity contribution >= 4 is 11.9 Å². The lowest BCUT2D eigenvalue weighted by molar-refractivity contribution is -0.149. The first-order valence-corrected chi connectivity index (χ1v) is 7.00. The molecule has 1 rings (SSSR count). The van der Waals surface area contributed by atoms with Crippen LogP contribution in [0.3, 0.4) is 0 Å². The largest absolute Gasteiger partial charge is 0.480 e. The number of carboxylic acid groups (broad SMARTS) is 1. The predicted molar refractivity (Wildman–Crippen MR) is 70.2 cm³/mol. The molecule has 0 aromatic carbocycles.